The summed E-state index contributed by atoms with van der Waals surface area (Å²) < 4.78 is 43.4. The minimum absolute atomic E-state index is 0.0849. The SMILES string of the molecule is COc1ncc(-c2nc(N3CCOCC3)nc3c(CN4CCC(OC)CC4)c(C)sc23)cc1CS(=O)(=O)C1CC1. The number of likely N-dealkylation sites (tertiary alicyclic amines) is 1. The molecule has 40 heavy (non-hydrogen) atoms. The number of aromatic nitrogens is 3. The summed E-state index contributed by atoms with van der Waals surface area (Å²) >= 11 is 1.70. The molecule has 1 saturated carbocycles. The van der Waals surface area contributed by atoms with E-state index in [0.717, 1.165) is 79.9 Å². The molecule has 5 heterocycles. The number of ether oxygens (including phenoxy) is 3. The van der Waals surface area contributed by atoms with Crippen LogP contribution >= 0.6 is 11.3 Å². The van der Waals surface area contributed by atoms with Crippen LogP contribution in [-0.4, -0.2) is 93.2 Å². The Kier molecular flexibility index (Phi) is 7.97. The summed E-state index contributed by atoms with van der Waals surface area (Å²) in [6.07, 6.45) is 5.59. The lowest BCUT2D eigenvalue weighted by Crippen LogP contribution is -2.37. The molecule has 6 rings (SSSR count). The third kappa shape index (κ3) is 5.69. The van der Waals surface area contributed by atoms with Gasteiger partial charge in [0.1, 0.15) is 0 Å². The van der Waals surface area contributed by atoms with Gasteiger partial charge in [-0.3, -0.25) is 4.90 Å². The van der Waals surface area contributed by atoms with Gasteiger partial charge in [-0.2, -0.15) is 0 Å². The first-order valence-corrected chi connectivity index (χ1v) is 16.5. The average molecular weight is 588 g/mol. The second-order valence-corrected chi connectivity index (χ2v) is 14.4. The summed E-state index contributed by atoms with van der Waals surface area (Å²) in [6, 6.07) is 1.89. The third-order valence-corrected chi connectivity index (χ3v) is 11.5. The van der Waals surface area contributed by atoms with Crippen LogP contribution in [0, 0.1) is 6.92 Å². The van der Waals surface area contributed by atoms with Crippen molar-refractivity contribution < 1.29 is 22.6 Å². The van der Waals surface area contributed by atoms with Crippen LogP contribution in [0.4, 0.5) is 5.95 Å². The van der Waals surface area contributed by atoms with Gasteiger partial charge in [0.2, 0.25) is 11.8 Å². The van der Waals surface area contributed by atoms with Crippen molar-refractivity contribution in [1.82, 2.24) is 19.9 Å². The van der Waals surface area contributed by atoms with Gasteiger partial charge >= 0.3 is 0 Å². The lowest BCUT2D eigenvalue weighted by molar-refractivity contribution is 0.0389. The highest BCUT2D eigenvalue weighted by molar-refractivity contribution is 7.91. The number of hydrogen-bond donors (Lipinski definition) is 0. The van der Waals surface area contributed by atoms with Crippen LogP contribution in [0.25, 0.3) is 21.5 Å². The summed E-state index contributed by atoms with van der Waals surface area (Å²) in [5, 5.41) is -0.254. The Morgan fingerprint density at radius 3 is 2.50 bits per heavy atom. The third-order valence-electron chi connectivity index (χ3n) is 8.14. The number of thiophene rings is 1. The van der Waals surface area contributed by atoms with E-state index in [0.29, 0.717) is 36.7 Å². The van der Waals surface area contributed by atoms with Crippen molar-refractivity contribution in [3.63, 3.8) is 0 Å². The van der Waals surface area contributed by atoms with E-state index in [1.807, 2.05) is 6.07 Å². The Bertz CT molecular complexity index is 1480. The maximum absolute atomic E-state index is 12.9. The van der Waals surface area contributed by atoms with Gasteiger partial charge in [-0.05, 0) is 38.7 Å². The second-order valence-electron chi connectivity index (χ2n) is 10.9. The van der Waals surface area contributed by atoms with E-state index in [-0.39, 0.29) is 11.0 Å². The fourth-order valence-corrected chi connectivity index (χ4v) is 8.46. The summed E-state index contributed by atoms with van der Waals surface area (Å²) in [5.41, 5.74) is 4.32. The molecule has 3 aliphatic rings. The van der Waals surface area contributed by atoms with Crippen molar-refractivity contribution in [2.75, 3.05) is 58.5 Å². The van der Waals surface area contributed by atoms with Crippen molar-refractivity contribution in [3.05, 3.63) is 28.3 Å². The zero-order chi connectivity index (χ0) is 27.9. The predicted molar refractivity (Wildman–Crippen MR) is 156 cm³/mol. The normalized spacial score (nSPS) is 19.4. The Labute approximate surface area is 239 Å². The lowest BCUT2D eigenvalue weighted by atomic mass is 10.1. The van der Waals surface area contributed by atoms with Gasteiger partial charge in [0.05, 0.1) is 53.3 Å². The Hall–Kier alpha value is -2.38. The Morgan fingerprint density at radius 2 is 1.82 bits per heavy atom. The van der Waals surface area contributed by atoms with Gasteiger partial charge in [-0.15, -0.1) is 11.3 Å². The van der Waals surface area contributed by atoms with Gasteiger partial charge in [0, 0.05) is 67.6 Å². The molecule has 0 unspecified atom stereocenters. The number of piperidine rings is 1. The van der Waals surface area contributed by atoms with E-state index < -0.39 is 9.84 Å². The van der Waals surface area contributed by atoms with Crippen LogP contribution in [-0.2, 0) is 31.6 Å². The van der Waals surface area contributed by atoms with E-state index in [9.17, 15) is 8.42 Å². The minimum Gasteiger partial charge on any atom is -0.481 e. The van der Waals surface area contributed by atoms with Crippen molar-refractivity contribution in [2.24, 2.45) is 0 Å². The fourth-order valence-electron chi connectivity index (χ4n) is 5.61. The van der Waals surface area contributed by atoms with Crippen LogP contribution in [0.5, 0.6) is 5.88 Å². The zero-order valence-electron chi connectivity index (χ0n) is 23.4. The quantitative estimate of drug-likeness (QED) is 0.369. The standard InChI is InChI=1S/C28H37N5O5S2/c1-18-23(16-32-8-6-21(36-2)7-9-32)25-26(39-18)24(30-28(31-25)33-10-12-38-13-11-33)19-14-20(27(37-3)29-15-19)17-40(34,35)22-4-5-22/h14-15,21-22H,4-13,16-17H2,1-3H3. The summed E-state index contributed by atoms with van der Waals surface area (Å²) in [4.78, 5) is 20.6. The van der Waals surface area contributed by atoms with Crippen molar-refractivity contribution in [3.8, 4) is 17.1 Å². The number of rotatable bonds is 9. The highest BCUT2D eigenvalue weighted by Crippen LogP contribution is 2.40. The molecule has 0 bridgehead atoms. The molecule has 216 valence electrons. The van der Waals surface area contributed by atoms with Gasteiger partial charge < -0.3 is 19.1 Å². The number of hydrogen-bond acceptors (Lipinski definition) is 11. The van der Waals surface area contributed by atoms with Gasteiger partial charge in [-0.1, -0.05) is 0 Å². The largest absolute Gasteiger partial charge is 0.481 e. The number of morpholine rings is 1. The van der Waals surface area contributed by atoms with Crippen molar-refractivity contribution in [2.45, 2.75) is 56.3 Å². The molecule has 10 nitrogen and oxygen atoms in total. The molecule has 0 atom stereocenters. The average Bonchev–Trinajstić information content (AvgIpc) is 3.79. The molecule has 3 fully saturated rings. The molecule has 2 aliphatic heterocycles. The monoisotopic (exact) mass is 587 g/mol. The highest BCUT2D eigenvalue weighted by atomic mass is 32.2. The van der Waals surface area contributed by atoms with Crippen LogP contribution in [0.1, 0.15) is 41.7 Å². The molecule has 3 aromatic heterocycles. The molecule has 0 N–H and O–H groups in total. The highest BCUT2D eigenvalue weighted by Gasteiger charge is 2.36. The number of anilines is 1. The van der Waals surface area contributed by atoms with E-state index >= 15 is 0 Å². The van der Waals surface area contributed by atoms with E-state index in [2.05, 4.69) is 21.7 Å². The Morgan fingerprint density at radius 1 is 1.07 bits per heavy atom. The predicted octanol–water partition coefficient (Wildman–Crippen LogP) is 3.59. The number of sulfone groups is 1. The lowest BCUT2D eigenvalue weighted by Gasteiger charge is -2.31. The van der Waals surface area contributed by atoms with Gasteiger partial charge in [0.25, 0.3) is 0 Å². The van der Waals surface area contributed by atoms with Crippen LogP contribution < -0.4 is 9.64 Å². The molecule has 0 amide bonds. The van der Waals surface area contributed by atoms with Gasteiger partial charge in [-0.25, -0.2) is 23.4 Å². The molecule has 3 aromatic rings. The smallest absolute Gasteiger partial charge is 0.226 e. The number of methoxy groups -OCH3 is 2. The molecule has 0 aromatic carbocycles. The number of fused-ring (bicyclic) bond motifs is 1. The van der Waals surface area contributed by atoms with Crippen molar-refractivity contribution >= 4 is 37.3 Å². The first kappa shape index (κ1) is 27.8. The Balaban J connectivity index is 1.43. The van der Waals surface area contributed by atoms with Crippen LogP contribution in [0.3, 0.4) is 0 Å². The summed E-state index contributed by atoms with van der Waals surface area (Å²) in [7, 11) is 0.0706. The number of pyridine rings is 1. The van der Waals surface area contributed by atoms with Crippen LogP contribution in [0.15, 0.2) is 12.3 Å². The first-order valence-electron chi connectivity index (χ1n) is 14.0. The van der Waals surface area contributed by atoms with Crippen LogP contribution in [0.2, 0.25) is 0 Å². The van der Waals surface area contributed by atoms with Crippen molar-refractivity contribution in [1.29, 1.82) is 0 Å². The maximum atomic E-state index is 12.9. The van der Waals surface area contributed by atoms with E-state index in [1.165, 1.54) is 17.6 Å². The summed E-state index contributed by atoms with van der Waals surface area (Å²) in [6.45, 7) is 7.67. The molecule has 2 saturated heterocycles. The zero-order valence-corrected chi connectivity index (χ0v) is 25.0. The maximum Gasteiger partial charge on any atom is 0.226 e. The molecule has 0 radical (unpaired) electrons. The molecule has 1 aliphatic carbocycles. The molecular weight excluding hydrogens is 550 g/mol. The molecule has 0 spiro atoms. The van der Waals surface area contributed by atoms with Gasteiger partial charge in [0.15, 0.2) is 9.84 Å². The van der Waals surface area contributed by atoms with E-state index in [4.69, 9.17) is 24.2 Å². The number of nitrogens with zero attached hydrogens (tertiary/aromatic N) is 5. The first-order chi connectivity index (χ1) is 19.4. The topological polar surface area (TPSA) is 107 Å². The fraction of sp³-hybridized carbons (Fsp3) is 0.607. The van der Waals surface area contributed by atoms with E-state index in [1.54, 1.807) is 24.6 Å². The molecular formula is C28H37N5O5S2. The second kappa shape index (κ2) is 11.5. The molecule has 12 heteroatoms. The summed E-state index contributed by atoms with van der Waals surface area (Å²) in [5.74, 6) is 0.929. The number of aryl methyl sites for hydroxylation is 1. The minimum atomic E-state index is -3.25.